The fourth-order valence-electron chi connectivity index (χ4n) is 3.39. The second kappa shape index (κ2) is 9.62. The number of hydrogen-bond acceptors (Lipinski definition) is 5. The number of nitrogens with zero attached hydrogens (tertiary/aromatic N) is 2. The van der Waals surface area contributed by atoms with Crippen molar-refractivity contribution in [1.29, 1.82) is 0 Å². The van der Waals surface area contributed by atoms with Crippen LogP contribution in [0.5, 0.6) is 0 Å². The minimum atomic E-state index is -0.954. The topological polar surface area (TPSA) is 82.5 Å². The Morgan fingerprint density at radius 1 is 1.25 bits per heavy atom. The Kier molecular flexibility index (Phi) is 7.20. The molecular weight excluding hydrogens is 442 g/mol. The van der Waals surface area contributed by atoms with E-state index in [0.29, 0.717) is 0 Å². The molecule has 8 heteroatoms. The minimum Gasteiger partial charge on any atom is -0.481 e. The number of rotatable bonds is 7. The number of carboxylic acid groups (broad SMARTS) is 1. The summed E-state index contributed by atoms with van der Waals surface area (Å²) in [7, 11) is 0. The number of aliphatic carboxylic acids is 1. The molecule has 6 nitrogen and oxygen atoms in total. The number of carboxylic acids is 1. The van der Waals surface area contributed by atoms with E-state index in [1.54, 1.807) is 0 Å². The van der Waals surface area contributed by atoms with Crippen LogP contribution in [0.1, 0.15) is 43.7 Å². The Bertz CT molecular complexity index is 818. The van der Waals surface area contributed by atoms with Crippen LogP contribution in [0.2, 0.25) is 0 Å². The first-order valence-electron chi connectivity index (χ1n) is 9.41. The highest BCUT2D eigenvalue weighted by Gasteiger charge is 2.30. The van der Waals surface area contributed by atoms with Crippen LogP contribution in [-0.2, 0) is 9.59 Å². The molecule has 0 radical (unpaired) electrons. The molecule has 1 fully saturated rings. The fourth-order valence-corrected chi connectivity index (χ4v) is 4.49. The van der Waals surface area contributed by atoms with E-state index in [0.717, 1.165) is 53.1 Å². The van der Waals surface area contributed by atoms with Gasteiger partial charge in [0.1, 0.15) is 5.01 Å². The van der Waals surface area contributed by atoms with Crippen LogP contribution in [0.3, 0.4) is 0 Å². The van der Waals surface area contributed by atoms with Crippen molar-refractivity contribution in [3.05, 3.63) is 39.1 Å². The number of carbonyl (C=O) groups excluding carboxylic acids is 1. The summed E-state index contributed by atoms with van der Waals surface area (Å²) in [5.41, 5.74) is 1.88. The molecule has 0 bridgehead atoms. The van der Waals surface area contributed by atoms with Gasteiger partial charge in [0.05, 0.1) is 24.2 Å². The second-order valence-electron chi connectivity index (χ2n) is 7.02. The van der Waals surface area contributed by atoms with Gasteiger partial charge in [0.2, 0.25) is 5.91 Å². The van der Waals surface area contributed by atoms with Gasteiger partial charge in [-0.2, -0.15) is 0 Å². The van der Waals surface area contributed by atoms with Gasteiger partial charge in [-0.05, 0) is 45.0 Å². The fraction of sp³-hybridized carbons (Fsp3) is 0.450. The van der Waals surface area contributed by atoms with Crippen LogP contribution < -0.4 is 5.32 Å². The number of amides is 1. The lowest BCUT2D eigenvalue weighted by atomic mass is 10.1. The molecular formula is C20H24BrN3O3S. The molecule has 0 spiro atoms. The van der Waals surface area contributed by atoms with E-state index < -0.39 is 12.0 Å². The van der Waals surface area contributed by atoms with Crippen molar-refractivity contribution in [3.63, 3.8) is 0 Å². The Hall–Kier alpha value is -1.77. The van der Waals surface area contributed by atoms with E-state index in [1.165, 1.54) is 11.3 Å². The first-order chi connectivity index (χ1) is 13.4. The number of benzene rings is 1. The number of piperidine rings is 1. The molecule has 2 N–H and O–H groups in total. The summed E-state index contributed by atoms with van der Waals surface area (Å²) in [6.07, 6.45) is 2.96. The third-order valence-electron chi connectivity index (χ3n) is 4.89. The van der Waals surface area contributed by atoms with Gasteiger partial charge in [0, 0.05) is 15.4 Å². The summed E-state index contributed by atoms with van der Waals surface area (Å²) in [5.74, 6) is -1.19. The van der Waals surface area contributed by atoms with Gasteiger partial charge in [-0.1, -0.05) is 34.5 Å². The molecule has 2 unspecified atom stereocenters. The largest absolute Gasteiger partial charge is 0.481 e. The summed E-state index contributed by atoms with van der Waals surface area (Å²) in [5, 5.41) is 15.0. The zero-order valence-electron chi connectivity index (χ0n) is 15.7. The Morgan fingerprint density at radius 3 is 2.57 bits per heavy atom. The summed E-state index contributed by atoms with van der Waals surface area (Å²) >= 11 is 4.92. The number of hydrogen-bond donors (Lipinski definition) is 2. The lowest BCUT2D eigenvalue weighted by molar-refractivity contribution is -0.142. The molecule has 1 aromatic carbocycles. The van der Waals surface area contributed by atoms with Crippen LogP contribution in [0.4, 0.5) is 0 Å². The molecule has 3 rings (SSSR count). The Morgan fingerprint density at radius 2 is 1.93 bits per heavy atom. The van der Waals surface area contributed by atoms with E-state index >= 15 is 0 Å². The monoisotopic (exact) mass is 465 g/mol. The van der Waals surface area contributed by atoms with Crippen LogP contribution in [0.15, 0.2) is 34.1 Å². The maximum Gasteiger partial charge on any atom is 0.305 e. The van der Waals surface area contributed by atoms with Gasteiger partial charge >= 0.3 is 5.97 Å². The number of halogens is 1. The van der Waals surface area contributed by atoms with Crippen molar-refractivity contribution in [3.8, 4) is 11.3 Å². The van der Waals surface area contributed by atoms with Crippen LogP contribution in [0.25, 0.3) is 11.3 Å². The first-order valence-corrected chi connectivity index (χ1v) is 11.1. The zero-order valence-corrected chi connectivity index (χ0v) is 18.1. The van der Waals surface area contributed by atoms with Crippen molar-refractivity contribution in [2.24, 2.45) is 0 Å². The normalized spacial score (nSPS) is 17.1. The van der Waals surface area contributed by atoms with Gasteiger partial charge in [0.15, 0.2) is 0 Å². The average Bonchev–Trinajstić information content (AvgIpc) is 3.17. The van der Waals surface area contributed by atoms with E-state index in [4.69, 9.17) is 0 Å². The molecule has 1 saturated heterocycles. The molecule has 0 saturated carbocycles. The van der Waals surface area contributed by atoms with Crippen LogP contribution in [-0.4, -0.2) is 46.0 Å². The molecule has 0 aliphatic carbocycles. The molecule has 1 aromatic heterocycles. The standard InChI is InChI=1S/C20H24BrN3O3S/c1-13(20-23-16(12-28-20)14-5-7-15(21)8-6-14)22-19(27)17(11-18(25)26)24-9-3-2-4-10-24/h5-8,12-13,17H,2-4,9-11H2,1H3,(H,22,27)(H,25,26). The summed E-state index contributed by atoms with van der Waals surface area (Å²) in [6, 6.07) is 7.01. The molecule has 2 atom stereocenters. The lowest BCUT2D eigenvalue weighted by Gasteiger charge is -2.33. The van der Waals surface area contributed by atoms with Crippen molar-refractivity contribution in [1.82, 2.24) is 15.2 Å². The van der Waals surface area contributed by atoms with Crippen molar-refractivity contribution >= 4 is 39.1 Å². The summed E-state index contributed by atoms with van der Waals surface area (Å²) in [6.45, 7) is 3.42. The smallest absolute Gasteiger partial charge is 0.305 e. The maximum atomic E-state index is 12.8. The first kappa shape index (κ1) is 21.0. The molecule has 2 heterocycles. The van der Waals surface area contributed by atoms with Crippen LogP contribution in [0, 0.1) is 0 Å². The van der Waals surface area contributed by atoms with Crippen LogP contribution >= 0.6 is 27.3 Å². The number of likely N-dealkylation sites (tertiary alicyclic amines) is 1. The minimum absolute atomic E-state index is 0.180. The average molecular weight is 466 g/mol. The molecule has 28 heavy (non-hydrogen) atoms. The third-order valence-corrected chi connectivity index (χ3v) is 6.45. The van der Waals surface area contributed by atoms with E-state index in [9.17, 15) is 14.7 Å². The maximum absolute atomic E-state index is 12.8. The second-order valence-corrected chi connectivity index (χ2v) is 8.82. The Labute approximate surface area is 177 Å². The highest BCUT2D eigenvalue weighted by atomic mass is 79.9. The van der Waals surface area contributed by atoms with E-state index in [-0.39, 0.29) is 18.4 Å². The third kappa shape index (κ3) is 5.40. The zero-order chi connectivity index (χ0) is 20.1. The van der Waals surface area contributed by atoms with Crippen molar-refractivity contribution in [2.75, 3.05) is 13.1 Å². The van der Waals surface area contributed by atoms with Gasteiger partial charge in [0.25, 0.3) is 0 Å². The van der Waals surface area contributed by atoms with Gasteiger partial charge < -0.3 is 10.4 Å². The summed E-state index contributed by atoms with van der Waals surface area (Å²) in [4.78, 5) is 30.8. The lowest BCUT2D eigenvalue weighted by Crippen LogP contribution is -2.50. The van der Waals surface area contributed by atoms with Crippen molar-refractivity contribution in [2.45, 2.75) is 44.7 Å². The summed E-state index contributed by atoms with van der Waals surface area (Å²) < 4.78 is 1.01. The Balaban J connectivity index is 1.68. The van der Waals surface area contributed by atoms with Gasteiger partial charge in [-0.25, -0.2) is 4.98 Å². The molecule has 1 aliphatic rings. The predicted molar refractivity (Wildman–Crippen MR) is 113 cm³/mol. The molecule has 1 aliphatic heterocycles. The number of nitrogens with one attached hydrogen (secondary N) is 1. The number of carbonyl (C=O) groups is 2. The highest BCUT2D eigenvalue weighted by molar-refractivity contribution is 9.10. The number of thiazole rings is 1. The molecule has 2 aromatic rings. The SMILES string of the molecule is CC(NC(=O)C(CC(=O)O)N1CCCCC1)c1nc(-c2ccc(Br)cc2)cs1. The van der Waals surface area contributed by atoms with E-state index in [2.05, 4.69) is 26.2 Å². The predicted octanol–water partition coefficient (Wildman–Crippen LogP) is 4.08. The highest BCUT2D eigenvalue weighted by Crippen LogP contribution is 2.27. The van der Waals surface area contributed by atoms with Gasteiger partial charge in [-0.15, -0.1) is 11.3 Å². The molecule has 150 valence electrons. The van der Waals surface area contributed by atoms with E-state index in [1.807, 2.05) is 41.5 Å². The van der Waals surface area contributed by atoms with Crippen molar-refractivity contribution < 1.29 is 14.7 Å². The van der Waals surface area contributed by atoms with Gasteiger partial charge in [-0.3, -0.25) is 14.5 Å². The molecule has 1 amide bonds. The number of aromatic nitrogens is 1. The quantitative estimate of drug-likeness (QED) is 0.643.